The lowest BCUT2D eigenvalue weighted by atomic mass is 9.67. The van der Waals surface area contributed by atoms with Crippen LogP contribution in [-0.4, -0.2) is 6.04 Å². The number of nitrogens with zero attached hydrogens (tertiary/aromatic N) is 2. The minimum atomic E-state index is -0.389. The molecule has 0 spiro atoms. The van der Waals surface area contributed by atoms with Gasteiger partial charge in [-0.05, 0) is 144 Å². The van der Waals surface area contributed by atoms with E-state index in [4.69, 9.17) is 0 Å². The van der Waals surface area contributed by atoms with E-state index in [1.54, 1.807) is 24.3 Å². The summed E-state index contributed by atoms with van der Waals surface area (Å²) in [5.41, 5.74) is 22.3. The van der Waals surface area contributed by atoms with Crippen LogP contribution in [0.25, 0.3) is 44.5 Å². The van der Waals surface area contributed by atoms with Gasteiger partial charge in [-0.25, -0.2) is 8.78 Å². The summed E-state index contributed by atoms with van der Waals surface area (Å²) < 4.78 is 33.4. The predicted molar refractivity (Wildman–Crippen MR) is 296 cm³/mol. The highest BCUT2D eigenvalue weighted by atomic mass is 19.1. The van der Waals surface area contributed by atoms with Crippen molar-refractivity contribution in [1.29, 1.82) is 0 Å². The molecular weight excluding hydrogens is 883 g/mol. The minimum Gasteiger partial charge on any atom is -0.327 e. The predicted octanol–water partition coefficient (Wildman–Crippen LogP) is 18.0. The van der Waals surface area contributed by atoms with Gasteiger partial charge < -0.3 is 9.80 Å². The van der Waals surface area contributed by atoms with Gasteiger partial charge in [0.2, 0.25) is 0 Å². The van der Waals surface area contributed by atoms with Gasteiger partial charge in [0, 0.05) is 22.7 Å². The average Bonchev–Trinajstić information content (AvgIpc) is 3.41. The van der Waals surface area contributed by atoms with Crippen molar-refractivity contribution >= 4 is 22.7 Å². The Morgan fingerprint density at radius 2 is 0.889 bits per heavy atom. The van der Waals surface area contributed by atoms with Gasteiger partial charge in [0.25, 0.3) is 0 Å². The zero-order valence-electron chi connectivity index (χ0n) is 40.7. The summed E-state index contributed by atoms with van der Waals surface area (Å²) in [6.07, 6.45) is 17.6. The molecule has 0 N–H and O–H groups in total. The maximum Gasteiger partial charge on any atom is 0.147 e. The van der Waals surface area contributed by atoms with Crippen LogP contribution in [0.2, 0.25) is 0 Å². The van der Waals surface area contributed by atoms with Gasteiger partial charge in [0.05, 0.1) is 28.8 Å². The molecule has 2 atom stereocenters. The lowest BCUT2D eigenvalue weighted by molar-refractivity contribution is 0.622. The molecule has 12 rings (SSSR count). The first-order chi connectivity index (χ1) is 35.2. The molecule has 4 aliphatic rings. The first kappa shape index (κ1) is 44.6. The molecule has 348 valence electrons. The number of halogens is 2. The van der Waals surface area contributed by atoms with Gasteiger partial charge in [0.1, 0.15) is 11.6 Å². The van der Waals surface area contributed by atoms with Crippen LogP contribution < -0.4 is 9.80 Å². The molecule has 0 aromatic heterocycles. The first-order valence-corrected chi connectivity index (χ1v) is 24.8. The van der Waals surface area contributed by atoms with E-state index in [9.17, 15) is 0 Å². The van der Waals surface area contributed by atoms with Gasteiger partial charge in [-0.2, -0.15) is 0 Å². The molecule has 0 bridgehead atoms. The highest BCUT2D eigenvalue weighted by molar-refractivity contribution is 5.91. The molecule has 2 nitrogen and oxygen atoms in total. The Balaban J connectivity index is 1.02. The molecule has 8 aromatic rings. The highest BCUT2D eigenvalue weighted by Crippen LogP contribution is 2.53. The maximum absolute atomic E-state index is 16.7. The second-order valence-corrected chi connectivity index (χ2v) is 19.4. The second kappa shape index (κ2) is 18.3. The molecule has 8 aromatic carbocycles. The van der Waals surface area contributed by atoms with Crippen LogP contribution in [0.1, 0.15) is 22.3 Å². The highest BCUT2D eigenvalue weighted by Gasteiger charge is 2.41. The first-order valence-electron chi connectivity index (χ1n) is 24.8. The fourth-order valence-corrected chi connectivity index (χ4v) is 10.9. The molecular formula is C68H52F2N2. The van der Waals surface area contributed by atoms with Crippen molar-refractivity contribution in [2.75, 3.05) is 9.80 Å². The number of rotatable bonds is 10. The average molecular weight is 935 g/mol. The Hall–Kier alpha value is -8.60. The number of anilines is 4. The Bertz CT molecular complexity index is 3670. The van der Waals surface area contributed by atoms with E-state index in [-0.39, 0.29) is 23.6 Å². The molecule has 0 heterocycles. The van der Waals surface area contributed by atoms with E-state index in [0.717, 1.165) is 95.0 Å². The van der Waals surface area contributed by atoms with Crippen molar-refractivity contribution in [3.8, 4) is 44.5 Å². The van der Waals surface area contributed by atoms with Gasteiger partial charge in [-0.15, -0.1) is 0 Å². The second-order valence-electron chi connectivity index (χ2n) is 19.4. The van der Waals surface area contributed by atoms with Crippen LogP contribution in [0.3, 0.4) is 0 Å². The summed E-state index contributed by atoms with van der Waals surface area (Å²) in [6, 6.07) is 61.3. The van der Waals surface area contributed by atoms with Gasteiger partial charge >= 0.3 is 0 Å². The molecule has 4 heteroatoms. The Morgan fingerprint density at radius 1 is 0.403 bits per heavy atom. The van der Waals surface area contributed by atoms with Crippen LogP contribution in [0, 0.1) is 45.2 Å². The van der Waals surface area contributed by atoms with Crippen molar-refractivity contribution in [1.82, 2.24) is 0 Å². The maximum atomic E-state index is 16.7. The van der Waals surface area contributed by atoms with Gasteiger partial charge in [-0.3, -0.25) is 0 Å². The van der Waals surface area contributed by atoms with Crippen molar-refractivity contribution in [3.05, 3.63) is 298 Å². The van der Waals surface area contributed by atoms with Crippen LogP contribution in [0.4, 0.5) is 31.5 Å². The van der Waals surface area contributed by atoms with Crippen molar-refractivity contribution in [2.45, 2.75) is 33.7 Å². The summed E-state index contributed by atoms with van der Waals surface area (Å²) >= 11 is 0. The standard InChI is InChI=1S/C68H52F2N2/c1-43-13-21-47(22-14-43)53-33-39-63(57(41-53)49-25-17-45(3)18-26-49)71(65-11-7-5-9-59(65)69)61-37-31-51-30-36-56-62(38-32-52-29-35-55(61)67(51)68(52)56)72(66-12-8-6-10-60(66)70)64-40-34-54(48-23-15-44(2)16-24-48)42-58(64)50-27-19-46(4)20-28-50/h5-42,61,68H,1-4H3. The Labute approximate surface area is 421 Å². The SMILES string of the molecule is Cc1ccc(-c2ccc(N(C3=C4C=CC5=C6C(=CC=C(C=C3)C46)C(N(c3ccccc3F)c3ccc(-c4ccc(C)cc4)cc3-c3ccc(C)cc3)C=C5)c3ccccc3F)c(-c3ccc(C)cc3)c2)cc1. The van der Waals surface area contributed by atoms with E-state index in [1.165, 1.54) is 16.7 Å². The molecule has 0 aliphatic heterocycles. The fraction of sp³-hybridized carbons (Fsp3) is 0.0882. The summed E-state index contributed by atoms with van der Waals surface area (Å²) in [5.74, 6) is -0.800. The third-order valence-electron chi connectivity index (χ3n) is 14.7. The number of hydrogen-bond donors (Lipinski definition) is 0. The molecule has 72 heavy (non-hydrogen) atoms. The zero-order chi connectivity index (χ0) is 49.0. The topological polar surface area (TPSA) is 6.48 Å². The van der Waals surface area contributed by atoms with Gasteiger partial charge in [-0.1, -0.05) is 198 Å². The molecule has 0 radical (unpaired) electrons. The van der Waals surface area contributed by atoms with Gasteiger partial charge in [0.15, 0.2) is 0 Å². The summed E-state index contributed by atoms with van der Waals surface area (Å²) in [4.78, 5) is 4.30. The monoisotopic (exact) mass is 934 g/mol. The van der Waals surface area contributed by atoms with Crippen molar-refractivity contribution < 1.29 is 8.78 Å². The van der Waals surface area contributed by atoms with E-state index in [2.05, 4.69) is 220 Å². The minimum absolute atomic E-state index is 0.177. The van der Waals surface area contributed by atoms with E-state index in [0.29, 0.717) is 11.4 Å². The molecule has 0 amide bonds. The molecule has 4 aliphatic carbocycles. The van der Waals surface area contributed by atoms with Crippen LogP contribution in [0.15, 0.2) is 264 Å². The largest absolute Gasteiger partial charge is 0.327 e. The molecule has 0 fully saturated rings. The quantitative estimate of drug-likeness (QED) is 0.135. The summed E-state index contributed by atoms with van der Waals surface area (Å²) in [7, 11) is 0. The third-order valence-corrected chi connectivity index (χ3v) is 14.7. The molecule has 0 saturated carbocycles. The van der Waals surface area contributed by atoms with E-state index in [1.807, 2.05) is 24.3 Å². The lowest BCUT2D eigenvalue weighted by Crippen LogP contribution is -2.38. The van der Waals surface area contributed by atoms with Crippen LogP contribution in [-0.2, 0) is 0 Å². The number of allylic oxidation sites excluding steroid dienone is 10. The summed E-state index contributed by atoms with van der Waals surface area (Å²) in [6.45, 7) is 8.40. The zero-order valence-corrected chi connectivity index (χ0v) is 40.7. The third kappa shape index (κ3) is 7.99. The number of para-hydroxylation sites is 2. The fourth-order valence-electron chi connectivity index (χ4n) is 10.9. The molecule has 0 saturated heterocycles. The van der Waals surface area contributed by atoms with Crippen LogP contribution in [0.5, 0.6) is 0 Å². The number of hydrogen-bond acceptors (Lipinski definition) is 2. The Kier molecular flexibility index (Phi) is 11.3. The summed E-state index contributed by atoms with van der Waals surface area (Å²) in [5, 5.41) is 0. The number of aryl methyl sites for hydroxylation is 4. The van der Waals surface area contributed by atoms with Crippen LogP contribution >= 0.6 is 0 Å². The van der Waals surface area contributed by atoms with E-state index < -0.39 is 0 Å². The normalized spacial score (nSPS) is 16.4. The van der Waals surface area contributed by atoms with Crippen molar-refractivity contribution in [2.24, 2.45) is 5.92 Å². The Morgan fingerprint density at radius 3 is 1.44 bits per heavy atom. The smallest absolute Gasteiger partial charge is 0.147 e. The lowest BCUT2D eigenvalue weighted by Gasteiger charge is -2.44. The molecule has 2 unspecified atom stereocenters. The van der Waals surface area contributed by atoms with E-state index >= 15 is 8.78 Å². The van der Waals surface area contributed by atoms with Crippen molar-refractivity contribution in [3.63, 3.8) is 0 Å². The number of benzene rings is 8.